The molecule has 0 saturated heterocycles. The minimum Gasteiger partial charge on any atom is -0.489 e. The predicted molar refractivity (Wildman–Crippen MR) is 65.8 cm³/mol. The maximum atomic E-state index is 8.82. The van der Waals surface area contributed by atoms with Crippen molar-refractivity contribution in [2.24, 2.45) is 0 Å². The smallest absolute Gasteiger partial charge is 0.145 e. The van der Waals surface area contributed by atoms with Gasteiger partial charge in [-0.2, -0.15) is 4.68 Å². The quantitative estimate of drug-likeness (QED) is 0.859. The van der Waals surface area contributed by atoms with Crippen LogP contribution in [0, 0.1) is 0 Å². The summed E-state index contributed by atoms with van der Waals surface area (Å²) in [6.07, 6.45) is 1.52. The van der Waals surface area contributed by atoms with Crippen molar-refractivity contribution < 1.29 is 9.84 Å². The van der Waals surface area contributed by atoms with E-state index in [2.05, 4.69) is 29.4 Å². The highest BCUT2D eigenvalue weighted by Crippen LogP contribution is 2.26. The molecule has 2 aromatic rings. The Hall–Kier alpha value is -1.95. The molecule has 0 aliphatic heterocycles. The monoisotopic (exact) mass is 248 g/mol. The summed E-state index contributed by atoms with van der Waals surface area (Å²) >= 11 is 0. The van der Waals surface area contributed by atoms with Gasteiger partial charge in [0.25, 0.3) is 0 Å². The third-order valence-corrected chi connectivity index (χ3v) is 2.59. The first-order valence-corrected chi connectivity index (χ1v) is 5.83. The maximum Gasteiger partial charge on any atom is 0.145 e. The number of benzene rings is 1. The van der Waals surface area contributed by atoms with Crippen molar-refractivity contribution in [3.8, 4) is 11.4 Å². The Morgan fingerprint density at radius 2 is 2.22 bits per heavy atom. The van der Waals surface area contributed by atoms with Crippen LogP contribution in [-0.2, 0) is 0 Å². The van der Waals surface area contributed by atoms with E-state index in [4.69, 9.17) is 9.84 Å². The number of aromatic nitrogens is 4. The zero-order valence-electron chi connectivity index (χ0n) is 10.4. The Balaban J connectivity index is 2.40. The summed E-state index contributed by atoms with van der Waals surface area (Å²) in [5.41, 5.74) is 1.96. The Labute approximate surface area is 105 Å². The Morgan fingerprint density at radius 1 is 1.39 bits per heavy atom. The van der Waals surface area contributed by atoms with Crippen LogP contribution in [0.2, 0.25) is 0 Å². The average Bonchev–Trinajstić information content (AvgIpc) is 2.89. The standard InChI is InChI=1S/C12H16N4O2/c1-9(2)10-3-4-12(18-6-5-17)11(7-10)16-8-13-14-15-16/h3-4,7-9,17H,5-6H2,1-2H3. The Morgan fingerprint density at radius 3 is 2.83 bits per heavy atom. The minimum absolute atomic E-state index is 0.0268. The molecule has 0 radical (unpaired) electrons. The fourth-order valence-electron chi connectivity index (χ4n) is 1.62. The van der Waals surface area contributed by atoms with Gasteiger partial charge in [0.2, 0.25) is 0 Å². The summed E-state index contributed by atoms with van der Waals surface area (Å²) in [6.45, 7) is 4.46. The van der Waals surface area contributed by atoms with Gasteiger partial charge in [0, 0.05) is 0 Å². The Bertz CT molecular complexity index is 497. The molecule has 0 bridgehead atoms. The van der Waals surface area contributed by atoms with Gasteiger partial charge >= 0.3 is 0 Å². The largest absolute Gasteiger partial charge is 0.489 e. The van der Waals surface area contributed by atoms with Gasteiger partial charge in [0.15, 0.2) is 0 Å². The molecule has 6 heteroatoms. The van der Waals surface area contributed by atoms with Gasteiger partial charge in [0.1, 0.15) is 24.4 Å². The fourth-order valence-corrected chi connectivity index (χ4v) is 1.62. The summed E-state index contributed by atoms with van der Waals surface area (Å²) in [7, 11) is 0. The molecular formula is C12H16N4O2. The van der Waals surface area contributed by atoms with Crippen LogP contribution in [0.1, 0.15) is 25.3 Å². The zero-order valence-corrected chi connectivity index (χ0v) is 10.4. The topological polar surface area (TPSA) is 73.1 Å². The van der Waals surface area contributed by atoms with E-state index in [1.807, 2.05) is 18.2 Å². The van der Waals surface area contributed by atoms with Crippen molar-refractivity contribution in [1.82, 2.24) is 20.2 Å². The van der Waals surface area contributed by atoms with Gasteiger partial charge in [-0.15, -0.1) is 5.10 Å². The molecule has 1 aromatic carbocycles. The molecule has 18 heavy (non-hydrogen) atoms. The van der Waals surface area contributed by atoms with E-state index in [0.717, 1.165) is 5.69 Å². The molecule has 0 unspecified atom stereocenters. The summed E-state index contributed by atoms with van der Waals surface area (Å²) < 4.78 is 7.03. The lowest BCUT2D eigenvalue weighted by atomic mass is 10.0. The molecule has 6 nitrogen and oxygen atoms in total. The summed E-state index contributed by atoms with van der Waals surface area (Å²) in [4.78, 5) is 0. The molecule has 0 fully saturated rings. The lowest BCUT2D eigenvalue weighted by Crippen LogP contribution is -2.06. The van der Waals surface area contributed by atoms with Crippen molar-refractivity contribution in [3.05, 3.63) is 30.1 Å². The molecule has 0 saturated carbocycles. The lowest BCUT2D eigenvalue weighted by molar-refractivity contribution is 0.201. The van der Waals surface area contributed by atoms with Crippen molar-refractivity contribution in [3.63, 3.8) is 0 Å². The maximum absolute atomic E-state index is 8.82. The van der Waals surface area contributed by atoms with Gasteiger partial charge in [0.05, 0.1) is 6.61 Å². The first-order valence-electron chi connectivity index (χ1n) is 5.83. The highest BCUT2D eigenvalue weighted by molar-refractivity contribution is 5.48. The number of rotatable bonds is 5. The van der Waals surface area contributed by atoms with Crippen LogP contribution in [0.4, 0.5) is 0 Å². The molecule has 96 valence electrons. The highest BCUT2D eigenvalue weighted by Gasteiger charge is 2.10. The van der Waals surface area contributed by atoms with E-state index in [-0.39, 0.29) is 13.2 Å². The number of hydrogen-bond acceptors (Lipinski definition) is 5. The summed E-state index contributed by atoms with van der Waals surface area (Å²) in [5, 5.41) is 19.9. The van der Waals surface area contributed by atoms with Crippen LogP contribution in [0.5, 0.6) is 5.75 Å². The van der Waals surface area contributed by atoms with Crippen molar-refractivity contribution in [2.45, 2.75) is 19.8 Å². The Kier molecular flexibility index (Phi) is 3.88. The molecule has 1 aromatic heterocycles. The van der Waals surface area contributed by atoms with Gasteiger partial charge in [-0.05, 0) is 34.0 Å². The van der Waals surface area contributed by atoms with Crippen molar-refractivity contribution in [2.75, 3.05) is 13.2 Å². The van der Waals surface area contributed by atoms with E-state index >= 15 is 0 Å². The second-order valence-corrected chi connectivity index (χ2v) is 4.21. The number of aliphatic hydroxyl groups is 1. The lowest BCUT2D eigenvalue weighted by Gasteiger charge is -2.13. The molecular weight excluding hydrogens is 232 g/mol. The normalized spacial score (nSPS) is 10.9. The third kappa shape index (κ3) is 2.65. The number of ether oxygens (including phenoxy) is 1. The van der Waals surface area contributed by atoms with E-state index in [1.54, 1.807) is 4.68 Å². The average molecular weight is 248 g/mol. The first-order chi connectivity index (χ1) is 8.72. The van der Waals surface area contributed by atoms with Crippen LogP contribution in [0.3, 0.4) is 0 Å². The first kappa shape index (κ1) is 12.5. The molecule has 0 aliphatic rings. The van der Waals surface area contributed by atoms with Gasteiger partial charge in [-0.25, -0.2) is 0 Å². The molecule has 0 atom stereocenters. The number of aliphatic hydroxyl groups excluding tert-OH is 1. The molecule has 0 spiro atoms. The van der Waals surface area contributed by atoms with E-state index in [1.165, 1.54) is 11.9 Å². The van der Waals surface area contributed by atoms with Crippen LogP contribution in [0.15, 0.2) is 24.5 Å². The highest BCUT2D eigenvalue weighted by atomic mass is 16.5. The number of nitrogens with zero attached hydrogens (tertiary/aromatic N) is 4. The van der Waals surface area contributed by atoms with Gasteiger partial charge in [-0.3, -0.25) is 0 Å². The number of hydrogen-bond donors (Lipinski definition) is 1. The van der Waals surface area contributed by atoms with Crippen LogP contribution >= 0.6 is 0 Å². The molecule has 1 N–H and O–H groups in total. The molecule has 0 aliphatic carbocycles. The van der Waals surface area contributed by atoms with E-state index < -0.39 is 0 Å². The predicted octanol–water partition coefficient (Wildman–Crippen LogP) is 1.16. The van der Waals surface area contributed by atoms with Gasteiger partial charge < -0.3 is 9.84 Å². The molecule has 1 heterocycles. The third-order valence-electron chi connectivity index (χ3n) is 2.59. The second kappa shape index (κ2) is 5.59. The van der Waals surface area contributed by atoms with E-state index in [9.17, 15) is 0 Å². The minimum atomic E-state index is -0.0268. The summed E-state index contributed by atoms with van der Waals surface area (Å²) in [6, 6.07) is 5.88. The van der Waals surface area contributed by atoms with Gasteiger partial charge in [-0.1, -0.05) is 19.9 Å². The molecule has 0 amide bonds. The zero-order chi connectivity index (χ0) is 13.0. The van der Waals surface area contributed by atoms with E-state index in [0.29, 0.717) is 11.7 Å². The van der Waals surface area contributed by atoms with Crippen LogP contribution < -0.4 is 4.74 Å². The summed E-state index contributed by atoms with van der Waals surface area (Å²) in [5.74, 6) is 1.06. The van der Waals surface area contributed by atoms with Crippen molar-refractivity contribution >= 4 is 0 Å². The second-order valence-electron chi connectivity index (χ2n) is 4.21. The SMILES string of the molecule is CC(C)c1ccc(OCCO)c(-n2cnnn2)c1. The molecule has 2 rings (SSSR count). The van der Waals surface area contributed by atoms with Crippen LogP contribution in [0.25, 0.3) is 5.69 Å². The fraction of sp³-hybridized carbons (Fsp3) is 0.417. The van der Waals surface area contributed by atoms with Crippen molar-refractivity contribution in [1.29, 1.82) is 0 Å². The van der Waals surface area contributed by atoms with Crippen LogP contribution in [-0.4, -0.2) is 38.5 Å². The number of tetrazole rings is 1.